The van der Waals surface area contributed by atoms with E-state index in [1.165, 1.54) is 70.3 Å². The number of carbonyl (C=O) groups is 1. The fraction of sp³-hybridized carbons (Fsp3) is 0.800. The molecule has 0 aromatic rings. The first kappa shape index (κ1) is 55.0. The third-order valence-corrected chi connectivity index (χ3v) is 10.9. The number of nitrogens with one attached hydrogen (secondary N) is 1. The summed E-state index contributed by atoms with van der Waals surface area (Å²) in [6, 6.07) is -1.14. The van der Waals surface area contributed by atoms with Gasteiger partial charge in [-0.2, -0.15) is 8.42 Å². The highest BCUT2D eigenvalue weighted by Gasteiger charge is 2.48. The summed E-state index contributed by atoms with van der Waals surface area (Å²) >= 11 is 0. The normalized spacial score (nSPS) is 21.9. The van der Waals surface area contributed by atoms with Crippen LogP contribution in [0.1, 0.15) is 168 Å². The van der Waals surface area contributed by atoms with Crippen molar-refractivity contribution >= 4 is 16.3 Å². The van der Waals surface area contributed by atoms with Gasteiger partial charge in [-0.05, 0) is 70.6 Å². The predicted octanol–water partition coefficient (Wildman–Crippen LogP) is 7.46. The monoisotopic (exact) mass is 860 g/mol. The van der Waals surface area contributed by atoms with Crippen LogP contribution in [0.15, 0.2) is 48.6 Å². The van der Waals surface area contributed by atoms with Crippen LogP contribution in [0.25, 0.3) is 0 Å². The molecule has 0 aromatic heterocycles. The van der Waals surface area contributed by atoms with E-state index < -0.39 is 78.5 Å². The zero-order valence-corrected chi connectivity index (χ0v) is 37.0. The van der Waals surface area contributed by atoms with Gasteiger partial charge in [0, 0.05) is 0 Å². The van der Waals surface area contributed by atoms with Crippen molar-refractivity contribution in [2.45, 2.75) is 217 Å². The number of hydrogen-bond donors (Lipinski definition) is 7. The first-order chi connectivity index (χ1) is 28.4. The summed E-state index contributed by atoms with van der Waals surface area (Å²) in [5.74, 6) is -0.724. The Morgan fingerprint density at radius 1 is 0.678 bits per heavy atom. The molecule has 1 aliphatic heterocycles. The number of aliphatic hydroxyl groups is 5. The predicted molar refractivity (Wildman–Crippen MR) is 233 cm³/mol. The summed E-state index contributed by atoms with van der Waals surface area (Å²) in [6.07, 6.45) is 30.5. The first-order valence-electron chi connectivity index (χ1n) is 22.6. The molecule has 0 aromatic carbocycles. The Morgan fingerprint density at radius 2 is 1.14 bits per heavy atom. The van der Waals surface area contributed by atoms with Crippen LogP contribution >= 0.6 is 0 Å². The molecule has 8 atom stereocenters. The Kier molecular flexibility index (Phi) is 33.2. The fourth-order valence-corrected chi connectivity index (χ4v) is 7.29. The molecule has 1 saturated heterocycles. The molecule has 8 unspecified atom stereocenters. The zero-order valence-electron chi connectivity index (χ0n) is 36.2. The second kappa shape index (κ2) is 35.6. The lowest BCUT2D eigenvalue weighted by molar-refractivity contribution is -0.298. The van der Waals surface area contributed by atoms with Crippen LogP contribution in [0, 0.1) is 0 Å². The van der Waals surface area contributed by atoms with Gasteiger partial charge < -0.3 is 40.3 Å². The average molecular weight is 860 g/mol. The third-order valence-electron chi connectivity index (χ3n) is 10.4. The van der Waals surface area contributed by atoms with E-state index in [1.54, 1.807) is 6.08 Å². The maximum absolute atomic E-state index is 13.1. The maximum Gasteiger partial charge on any atom is 0.397 e. The van der Waals surface area contributed by atoms with Crippen molar-refractivity contribution in [3.05, 3.63) is 48.6 Å². The summed E-state index contributed by atoms with van der Waals surface area (Å²) in [5.41, 5.74) is 0. The molecule has 1 rings (SSSR count). The molecule has 0 saturated carbocycles. The molecule has 13 nitrogen and oxygen atoms in total. The molecule has 0 aliphatic carbocycles. The lowest BCUT2D eigenvalue weighted by Gasteiger charge is -2.41. The van der Waals surface area contributed by atoms with Crippen molar-refractivity contribution in [1.29, 1.82) is 0 Å². The highest BCUT2D eigenvalue weighted by atomic mass is 32.3. The van der Waals surface area contributed by atoms with Crippen LogP contribution in [0.4, 0.5) is 0 Å². The minimum Gasteiger partial charge on any atom is -0.394 e. The van der Waals surface area contributed by atoms with Gasteiger partial charge >= 0.3 is 10.4 Å². The number of carbonyl (C=O) groups excluding carboxylic acids is 1. The fourth-order valence-electron chi connectivity index (χ4n) is 6.78. The van der Waals surface area contributed by atoms with Crippen LogP contribution in [0.2, 0.25) is 0 Å². The number of amides is 1. The molecule has 1 heterocycles. The van der Waals surface area contributed by atoms with Crippen molar-refractivity contribution in [3.8, 4) is 0 Å². The van der Waals surface area contributed by atoms with E-state index >= 15 is 0 Å². The van der Waals surface area contributed by atoms with Gasteiger partial charge in [0.25, 0.3) is 0 Å². The molecule has 344 valence electrons. The van der Waals surface area contributed by atoms with Gasteiger partial charge in [0.05, 0.1) is 25.4 Å². The van der Waals surface area contributed by atoms with Gasteiger partial charge in [-0.1, -0.05) is 146 Å². The van der Waals surface area contributed by atoms with Crippen LogP contribution in [-0.2, 0) is 28.9 Å². The van der Waals surface area contributed by atoms with Crippen molar-refractivity contribution in [2.24, 2.45) is 0 Å². The Balaban J connectivity index is 2.64. The Morgan fingerprint density at radius 3 is 1.64 bits per heavy atom. The molecule has 0 spiro atoms. The second-order valence-electron chi connectivity index (χ2n) is 15.8. The number of ether oxygens (including phenoxy) is 2. The minimum atomic E-state index is -5.12. The van der Waals surface area contributed by atoms with E-state index in [-0.39, 0.29) is 6.42 Å². The Bertz CT molecular complexity index is 1260. The number of hydrogen-bond acceptors (Lipinski definition) is 11. The zero-order chi connectivity index (χ0) is 43.6. The van der Waals surface area contributed by atoms with Crippen molar-refractivity contribution in [2.75, 3.05) is 13.2 Å². The Hall–Kier alpha value is -1.98. The van der Waals surface area contributed by atoms with E-state index in [9.17, 15) is 38.7 Å². The van der Waals surface area contributed by atoms with E-state index in [4.69, 9.17) is 14.0 Å². The lowest BCUT2D eigenvalue weighted by atomic mass is 9.99. The summed E-state index contributed by atoms with van der Waals surface area (Å²) in [4.78, 5) is 13.1. The number of unbranched alkanes of at least 4 members (excludes halogenated alkanes) is 18. The molecule has 1 amide bonds. The van der Waals surface area contributed by atoms with Crippen molar-refractivity contribution in [1.82, 2.24) is 5.32 Å². The van der Waals surface area contributed by atoms with Gasteiger partial charge in [0.1, 0.15) is 30.5 Å². The molecule has 0 radical (unpaired) electrons. The van der Waals surface area contributed by atoms with Crippen LogP contribution in [0.3, 0.4) is 0 Å². The van der Waals surface area contributed by atoms with E-state index in [1.807, 2.05) is 0 Å². The minimum absolute atomic E-state index is 0.225. The highest BCUT2D eigenvalue weighted by Crippen LogP contribution is 2.26. The molecular weight excluding hydrogens is 779 g/mol. The van der Waals surface area contributed by atoms with Crippen LogP contribution in [0.5, 0.6) is 0 Å². The van der Waals surface area contributed by atoms with Crippen LogP contribution in [-0.4, -0.2) is 107 Å². The second-order valence-corrected chi connectivity index (χ2v) is 16.8. The lowest BCUT2D eigenvalue weighted by Crippen LogP contribution is -2.61. The van der Waals surface area contributed by atoms with Gasteiger partial charge in [-0.15, -0.1) is 0 Å². The largest absolute Gasteiger partial charge is 0.397 e. The number of aliphatic hydroxyl groups excluding tert-OH is 5. The summed E-state index contributed by atoms with van der Waals surface area (Å²) in [5, 5.41) is 55.1. The molecule has 1 aliphatic rings. The third kappa shape index (κ3) is 28.3. The molecule has 0 bridgehead atoms. The number of rotatable bonds is 37. The maximum atomic E-state index is 13.1. The summed E-state index contributed by atoms with van der Waals surface area (Å²) in [6.45, 7) is 3.14. The highest BCUT2D eigenvalue weighted by molar-refractivity contribution is 7.80. The van der Waals surface area contributed by atoms with E-state index in [0.29, 0.717) is 12.8 Å². The van der Waals surface area contributed by atoms with Gasteiger partial charge in [0.2, 0.25) is 5.91 Å². The first-order valence-corrected chi connectivity index (χ1v) is 24.0. The smallest absolute Gasteiger partial charge is 0.394 e. The topological polar surface area (TPSA) is 212 Å². The van der Waals surface area contributed by atoms with Crippen molar-refractivity contribution < 1.29 is 57.0 Å². The standard InChI is InChI=1S/C45H81NO12S/c1-3-5-7-9-11-13-15-17-19-20-22-24-26-28-30-32-34-39(49)44(52)46-37(36-56-45-42(51)43(58-59(53,54)55)41(50)40(35-47)57-45)38(48)33-31-29-27-25-23-21-18-16-14-12-10-8-6-4-2/h14,16-17,19,23,25,31,33,37-43,45,47-51H,3-13,15,18,20-22,24,26-30,32,34-36H2,1-2H3,(H,46,52)(H,53,54,55)/b16-14+,19-17-,25-23+,33-31+. The van der Waals surface area contributed by atoms with Crippen molar-refractivity contribution in [3.63, 3.8) is 0 Å². The molecule has 14 heteroatoms. The SMILES string of the molecule is CCCCCC/C=C/CC/C=C/CC/C=C/C(O)C(COC1OC(CO)C(O)C(OS(=O)(=O)O)C1O)NC(=O)C(O)CCCCCCCC/C=C\CCCCCCCC. The molecule has 1 fully saturated rings. The average Bonchev–Trinajstić information content (AvgIpc) is 3.20. The van der Waals surface area contributed by atoms with Gasteiger partial charge in [-0.25, -0.2) is 4.18 Å². The summed E-state index contributed by atoms with van der Waals surface area (Å²) < 4.78 is 47.4. The van der Waals surface area contributed by atoms with Gasteiger partial charge in [-0.3, -0.25) is 9.35 Å². The van der Waals surface area contributed by atoms with E-state index in [2.05, 4.69) is 59.8 Å². The molecular formula is C45H81NO12S. The Labute approximate surface area is 356 Å². The quantitative estimate of drug-likeness (QED) is 0.0184. The van der Waals surface area contributed by atoms with Gasteiger partial charge in [0.15, 0.2) is 6.29 Å². The summed E-state index contributed by atoms with van der Waals surface area (Å²) in [7, 11) is -5.12. The molecule has 7 N–H and O–H groups in total. The molecule has 59 heavy (non-hydrogen) atoms. The number of allylic oxidation sites excluding steroid dienone is 7. The van der Waals surface area contributed by atoms with Crippen LogP contribution < -0.4 is 5.32 Å². The van der Waals surface area contributed by atoms with E-state index in [0.717, 1.165) is 70.6 Å².